The van der Waals surface area contributed by atoms with Gasteiger partial charge in [-0.25, -0.2) is 0 Å². The molecule has 0 aromatic carbocycles. The van der Waals surface area contributed by atoms with Crippen LogP contribution in [0.1, 0.15) is 46.0 Å². The third kappa shape index (κ3) is 6.58. The molecule has 0 bridgehead atoms. The van der Waals surface area contributed by atoms with E-state index in [2.05, 4.69) is 19.2 Å². The number of unbranched alkanes of at least 4 members (excludes halogenated alkanes) is 2. The Morgan fingerprint density at radius 3 is 2.38 bits per heavy atom. The van der Waals surface area contributed by atoms with E-state index in [1.807, 2.05) is 0 Å². The molecular weight excluding hydrogens is 166 g/mol. The molecule has 0 aliphatic rings. The molecule has 0 saturated heterocycles. The molecule has 0 aromatic heterocycles. The molecule has 1 unspecified atom stereocenters. The summed E-state index contributed by atoms with van der Waals surface area (Å²) in [5.74, 6) is -0.718. The number of rotatable bonds is 8. The second-order valence-electron chi connectivity index (χ2n) is 3.34. The molecule has 0 heterocycles. The van der Waals surface area contributed by atoms with Crippen LogP contribution in [0.15, 0.2) is 0 Å². The van der Waals surface area contributed by atoms with Gasteiger partial charge in [0.05, 0.1) is 0 Å². The number of carbonyl (C=O) groups is 1. The van der Waals surface area contributed by atoms with E-state index in [9.17, 15) is 4.79 Å². The van der Waals surface area contributed by atoms with Gasteiger partial charge in [0, 0.05) is 0 Å². The van der Waals surface area contributed by atoms with Gasteiger partial charge >= 0.3 is 5.97 Å². The highest BCUT2D eigenvalue weighted by molar-refractivity contribution is 5.73. The SMILES string of the molecule is CCCCNC(CCCC)C(=O)O. The van der Waals surface area contributed by atoms with Crippen LogP contribution in [0.25, 0.3) is 0 Å². The molecule has 3 nitrogen and oxygen atoms in total. The highest BCUT2D eigenvalue weighted by Crippen LogP contribution is 2.01. The molecule has 78 valence electrons. The molecule has 0 rings (SSSR count). The molecule has 0 saturated carbocycles. The number of carboxylic acids is 1. The first kappa shape index (κ1) is 12.4. The van der Waals surface area contributed by atoms with E-state index in [4.69, 9.17) is 5.11 Å². The Bertz CT molecular complexity index is 137. The maximum atomic E-state index is 10.7. The van der Waals surface area contributed by atoms with E-state index in [0.29, 0.717) is 0 Å². The van der Waals surface area contributed by atoms with E-state index >= 15 is 0 Å². The standard InChI is InChI=1S/C10H21NO2/c1-3-5-7-9(10(12)13)11-8-6-4-2/h9,11H,3-8H2,1-2H3,(H,12,13). The van der Waals surface area contributed by atoms with Gasteiger partial charge in [0.25, 0.3) is 0 Å². The van der Waals surface area contributed by atoms with Crippen molar-refractivity contribution in [1.82, 2.24) is 5.32 Å². The van der Waals surface area contributed by atoms with Crippen LogP contribution < -0.4 is 5.32 Å². The van der Waals surface area contributed by atoms with Crippen molar-refractivity contribution < 1.29 is 9.90 Å². The summed E-state index contributed by atoms with van der Waals surface area (Å²) in [4.78, 5) is 10.7. The van der Waals surface area contributed by atoms with Crippen molar-refractivity contribution in [2.24, 2.45) is 0 Å². The fourth-order valence-electron chi connectivity index (χ4n) is 1.17. The van der Waals surface area contributed by atoms with E-state index < -0.39 is 5.97 Å². The van der Waals surface area contributed by atoms with Crippen LogP contribution in [0.4, 0.5) is 0 Å². The zero-order valence-electron chi connectivity index (χ0n) is 8.68. The van der Waals surface area contributed by atoms with Gasteiger partial charge in [-0.3, -0.25) is 4.79 Å². The smallest absolute Gasteiger partial charge is 0.320 e. The third-order valence-electron chi connectivity index (χ3n) is 2.07. The van der Waals surface area contributed by atoms with Gasteiger partial charge in [-0.2, -0.15) is 0 Å². The minimum atomic E-state index is -0.718. The van der Waals surface area contributed by atoms with Crippen molar-refractivity contribution in [3.8, 4) is 0 Å². The topological polar surface area (TPSA) is 49.3 Å². The van der Waals surface area contributed by atoms with Crippen LogP contribution >= 0.6 is 0 Å². The summed E-state index contributed by atoms with van der Waals surface area (Å²) < 4.78 is 0. The molecule has 0 aliphatic carbocycles. The Hall–Kier alpha value is -0.570. The minimum absolute atomic E-state index is 0.341. The van der Waals surface area contributed by atoms with E-state index in [1.54, 1.807) is 0 Å². The van der Waals surface area contributed by atoms with E-state index in [-0.39, 0.29) is 6.04 Å². The predicted octanol–water partition coefficient (Wildman–Crippen LogP) is 2.02. The lowest BCUT2D eigenvalue weighted by Gasteiger charge is -2.13. The Morgan fingerprint density at radius 1 is 1.31 bits per heavy atom. The Labute approximate surface area is 80.5 Å². The average molecular weight is 187 g/mol. The van der Waals surface area contributed by atoms with Gasteiger partial charge < -0.3 is 10.4 Å². The zero-order chi connectivity index (χ0) is 10.1. The number of carboxylic acid groups (broad SMARTS) is 1. The van der Waals surface area contributed by atoms with Gasteiger partial charge in [0.15, 0.2) is 0 Å². The Morgan fingerprint density at radius 2 is 1.92 bits per heavy atom. The number of aliphatic carboxylic acids is 1. The van der Waals surface area contributed by atoms with Crippen LogP contribution in [0.3, 0.4) is 0 Å². The molecule has 0 radical (unpaired) electrons. The van der Waals surface area contributed by atoms with Gasteiger partial charge in [0.2, 0.25) is 0 Å². The quantitative estimate of drug-likeness (QED) is 0.571. The first-order valence-electron chi connectivity index (χ1n) is 5.18. The maximum Gasteiger partial charge on any atom is 0.320 e. The lowest BCUT2D eigenvalue weighted by molar-refractivity contribution is -0.139. The molecule has 2 N–H and O–H groups in total. The van der Waals surface area contributed by atoms with Crippen molar-refractivity contribution in [2.45, 2.75) is 52.0 Å². The highest BCUT2D eigenvalue weighted by atomic mass is 16.4. The summed E-state index contributed by atoms with van der Waals surface area (Å²) in [5, 5.41) is 11.9. The highest BCUT2D eigenvalue weighted by Gasteiger charge is 2.14. The van der Waals surface area contributed by atoms with Gasteiger partial charge in [0.1, 0.15) is 6.04 Å². The average Bonchev–Trinajstić information content (AvgIpc) is 2.10. The summed E-state index contributed by atoms with van der Waals surface area (Å²) in [6.45, 7) is 4.99. The summed E-state index contributed by atoms with van der Waals surface area (Å²) in [5.41, 5.74) is 0. The zero-order valence-corrected chi connectivity index (χ0v) is 8.68. The van der Waals surface area contributed by atoms with Gasteiger partial charge in [-0.15, -0.1) is 0 Å². The van der Waals surface area contributed by atoms with Crippen LogP contribution in [0, 0.1) is 0 Å². The summed E-state index contributed by atoms with van der Waals surface area (Å²) in [7, 11) is 0. The first-order valence-corrected chi connectivity index (χ1v) is 5.18. The number of hydrogen-bond acceptors (Lipinski definition) is 2. The molecule has 0 aromatic rings. The summed E-state index contributed by atoms with van der Waals surface area (Å²) >= 11 is 0. The van der Waals surface area contributed by atoms with Crippen LogP contribution in [0.5, 0.6) is 0 Å². The molecule has 3 heteroatoms. The molecule has 0 amide bonds. The molecule has 0 spiro atoms. The van der Waals surface area contributed by atoms with Crippen molar-refractivity contribution in [2.75, 3.05) is 6.54 Å². The largest absolute Gasteiger partial charge is 0.480 e. The third-order valence-corrected chi connectivity index (χ3v) is 2.07. The minimum Gasteiger partial charge on any atom is -0.480 e. The lowest BCUT2D eigenvalue weighted by atomic mass is 10.1. The summed E-state index contributed by atoms with van der Waals surface area (Å²) in [6, 6.07) is -0.341. The van der Waals surface area contributed by atoms with Crippen LogP contribution in [0.2, 0.25) is 0 Å². The molecule has 0 aliphatic heterocycles. The maximum absolute atomic E-state index is 10.7. The molecular formula is C10H21NO2. The fraction of sp³-hybridized carbons (Fsp3) is 0.900. The number of hydrogen-bond donors (Lipinski definition) is 2. The van der Waals surface area contributed by atoms with E-state index in [1.165, 1.54) is 0 Å². The van der Waals surface area contributed by atoms with Crippen LogP contribution in [-0.4, -0.2) is 23.7 Å². The second kappa shape index (κ2) is 8.05. The molecule has 0 fully saturated rings. The Balaban J connectivity index is 3.61. The monoisotopic (exact) mass is 187 g/mol. The second-order valence-corrected chi connectivity index (χ2v) is 3.34. The van der Waals surface area contributed by atoms with Crippen molar-refractivity contribution in [3.63, 3.8) is 0 Å². The van der Waals surface area contributed by atoms with Crippen molar-refractivity contribution in [3.05, 3.63) is 0 Å². The lowest BCUT2D eigenvalue weighted by Crippen LogP contribution is -2.37. The normalized spacial score (nSPS) is 12.8. The van der Waals surface area contributed by atoms with Crippen LogP contribution in [-0.2, 0) is 4.79 Å². The fourth-order valence-corrected chi connectivity index (χ4v) is 1.17. The molecule has 13 heavy (non-hydrogen) atoms. The molecule has 1 atom stereocenters. The first-order chi connectivity index (χ1) is 6.22. The van der Waals surface area contributed by atoms with E-state index in [0.717, 1.165) is 38.6 Å². The van der Waals surface area contributed by atoms with Gasteiger partial charge in [-0.1, -0.05) is 33.1 Å². The van der Waals surface area contributed by atoms with Crippen molar-refractivity contribution in [1.29, 1.82) is 0 Å². The van der Waals surface area contributed by atoms with Crippen molar-refractivity contribution >= 4 is 5.97 Å². The van der Waals surface area contributed by atoms with Gasteiger partial charge in [-0.05, 0) is 19.4 Å². The predicted molar refractivity (Wildman–Crippen MR) is 53.9 cm³/mol. The number of nitrogens with one attached hydrogen (secondary N) is 1. The summed E-state index contributed by atoms with van der Waals surface area (Å²) in [6.07, 6.45) is 4.94. The Kier molecular flexibility index (Phi) is 7.69.